The van der Waals surface area contributed by atoms with Crippen molar-refractivity contribution in [3.8, 4) is 0 Å². The van der Waals surface area contributed by atoms with Crippen LogP contribution >= 0.6 is 0 Å². The summed E-state index contributed by atoms with van der Waals surface area (Å²) >= 11 is 0. The van der Waals surface area contributed by atoms with Crippen molar-refractivity contribution in [1.29, 1.82) is 0 Å². The number of rotatable bonds is 1. The minimum absolute atomic E-state index is 0.297. The lowest BCUT2D eigenvalue weighted by atomic mass is 10.2. The molecule has 1 aromatic carbocycles. The van der Waals surface area contributed by atoms with E-state index in [4.69, 9.17) is 0 Å². The third kappa shape index (κ3) is 1.16. The van der Waals surface area contributed by atoms with Gasteiger partial charge in [0.05, 0.1) is 5.70 Å². The topological polar surface area (TPSA) is 43.2 Å². The lowest BCUT2D eigenvalue weighted by molar-refractivity contribution is 0.249. The number of urea groups is 1. The molecule has 0 atom stereocenters. The van der Waals surface area contributed by atoms with Crippen molar-refractivity contribution in [2.45, 2.75) is 0 Å². The zero-order chi connectivity index (χ0) is 8.39. The summed E-state index contributed by atoms with van der Waals surface area (Å²) < 4.78 is 0. The quantitative estimate of drug-likeness (QED) is 0.659. The largest absolute Gasteiger partial charge is 0.345 e. The van der Waals surface area contributed by atoms with Crippen molar-refractivity contribution in [2.75, 3.05) is 0 Å². The molecule has 12 heavy (non-hydrogen) atoms. The summed E-state index contributed by atoms with van der Waals surface area (Å²) in [6.45, 7) is 0. The van der Waals surface area contributed by atoms with Crippen LogP contribution in [0.1, 0.15) is 5.56 Å². The van der Waals surface area contributed by atoms with Crippen LogP contribution in [0.5, 0.6) is 0 Å². The van der Waals surface area contributed by atoms with Crippen LogP contribution in [-0.2, 0) is 0 Å². The number of nitrogens with zero attached hydrogens (tertiary/aromatic N) is 1. The molecule has 0 saturated carbocycles. The summed E-state index contributed by atoms with van der Waals surface area (Å²) in [7, 11) is 0. The fraction of sp³-hybridized carbons (Fsp3) is 0. The molecule has 2 rings (SSSR count). The molecule has 0 unspecified atom stereocenters. The molecular formula is C9H7N2O. The van der Waals surface area contributed by atoms with Crippen molar-refractivity contribution in [2.24, 2.45) is 0 Å². The van der Waals surface area contributed by atoms with Crippen molar-refractivity contribution in [3.63, 3.8) is 0 Å². The summed E-state index contributed by atoms with van der Waals surface area (Å²) in [4.78, 5) is 10.7. The summed E-state index contributed by atoms with van der Waals surface area (Å²) in [5.74, 6) is 0. The van der Waals surface area contributed by atoms with Crippen LogP contribution in [0.2, 0.25) is 0 Å². The van der Waals surface area contributed by atoms with Gasteiger partial charge in [-0.1, -0.05) is 30.3 Å². The number of carbonyl (C=O) groups is 1. The molecule has 0 aliphatic carbocycles. The Labute approximate surface area is 70.1 Å². The number of hydrogen-bond acceptors (Lipinski definition) is 1. The lowest BCUT2D eigenvalue weighted by Crippen LogP contribution is -2.15. The molecule has 2 amide bonds. The first kappa shape index (κ1) is 6.91. The monoisotopic (exact) mass is 159 g/mol. The minimum atomic E-state index is -0.297. The van der Waals surface area contributed by atoms with Gasteiger partial charge in [0.2, 0.25) is 0 Å². The second-order valence-corrected chi connectivity index (χ2v) is 2.46. The van der Waals surface area contributed by atoms with Gasteiger partial charge in [-0.05, 0) is 0 Å². The smallest absolute Gasteiger partial charge is 0.311 e. The lowest BCUT2D eigenvalue weighted by Gasteiger charge is -1.96. The van der Waals surface area contributed by atoms with E-state index in [-0.39, 0.29) is 6.03 Å². The maximum atomic E-state index is 10.7. The number of amides is 2. The number of hydrogen-bond donors (Lipinski definition) is 1. The van der Waals surface area contributed by atoms with Crippen molar-refractivity contribution < 1.29 is 4.79 Å². The molecule has 0 fully saturated rings. The van der Waals surface area contributed by atoms with Gasteiger partial charge in [0, 0.05) is 11.8 Å². The standard InChI is InChI=1S/C9H7N2O/c12-9-10-6-8(11-9)7-4-2-1-3-5-7/h1-6H,(H,10,12). The molecule has 1 aliphatic heterocycles. The van der Waals surface area contributed by atoms with Gasteiger partial charge in [-0.25, -0.2) is 4.79 Å². The molecule has 0 aromatic heterocycles. The van der Waals surface area contributed by atoms with Crippen LogP contribution in [0, 0.1) is 0 Å². The van der Waals surface area contributed by atoms with E-state index in [0.29, 0.717) is 5.70 Å². The molecule has 0 spiro atoms. The predicted octanol–water partition coefficient (Wildman–Crippen LogP) is 1.31. The van der Waals surface area contributed by atoms with Crippen LogP contribution in [0.3, 0.4) is 0 Å². The molecule has 1 aromatic rings. The molecular weight excluding hydrogens is 152 g/mol. The summed E-state index contributed by atoms with van der Waals surface area (Å²) in [6, 6.07) is 9.27. The minimum Gasteiger partial charge on any atom is -0.311 e. The summed E-state index contributed by atoms with van der Waals surface area (Å²) in [5.41, 5.74) is 1.65. The molecule has 0 saturated heterocycles. The van der Waals surface area contributed by atoms with E-state index in [2.05, 4.69) is 10.6 Å². The fourth-order valence-corrected chi connectivity index (χ4v) is 1.06. The molecule has 1 N–H and O–H groups in total. The first-order chi connectivity index (χ1) is 5.86. The van der Waals surface area contributed by atoms with Gasteiger partial charge in [0.15, 0.2) is 0 Å². The molecule has 3 heteroatoms. The van der Waals surface area contributed by atoms with Crippen molar-refractivity contribution in [3.05, 3.63) is 42.1 Å². The highest BCUT2D eigenvalue weighted by molar-refractivity contribution is 5.90. The molecule has 1 aliphatic rings. The Hall–Kier alpha value is -1.77. The van der Waals surface area contributed by atoms with E-state index in [1.54, 1.807) is 6.20 Å². The fourth-order valence-electron chi connectivity index (χ4n) is 1.06. The highest BCUT2D eigenvalue weighted by Gasteiger charge is 2.13. The van der Waals surface area contributed by atoms with Gasteiger partial charge < -0.3 is 5.32 Å². The summed E-state index contributed by atoms with van der Waals surface area (Å²) in [6.07, 6.45) is 1.61. The number of benzene rings is 1. The molecule has 0 bridgehead atoms. The Morgan fingerprint density at radius 3 is 2.50 bits per heavy atom. The van der Waals surface area contributed by atoms with Crippen molar-refractivity contribution >= 4 is 11.7 Å². The van der Waals surface area contributed by atoms with Gasteiger partial charge in [0.1, 0.15) is 0 Å². The van der Waals surface area contributed by atoms with E-state index in [9.17, 15) is 4.79 Å². The normalized spacial score (nSPS) is 15.0. The Morgan fingerprint density at radius 2 is 1.92 bits per heavy atom. The predicted molar refractivity (Wildman–Crippen MR) is 45.1 cm³/mol. The number of carbonyl (C=O) groups excluding carboxylic acids is 1. The maximum Gasteiger partial charge on any atom is 0.345 e. The van der Waals surface area contributed by atoms with Crippen LogP contribution in [0.4, 0.5) is 4.79 Å². The van der Waals surface area contributed by atoms with E-state index in [1.807, 2.05) is 30.3 Å². The Bertz CT molecular complexity index is 330. The van der Waals surface area contributed by atoms with Crippen LogP contribution in [-0.4, -0.2) is 6.03 Å². The van der Waals surface area contributed by atoms with Gasteiger partial charge >= 0.3 is 6.03 Å². The van der Waals surface area contributed by atoms with Gasteiger partial charge in [0.25, 0.3) is 0 Å². The maximum absolute atomic E-state index is 10.7. The molecule has 59 valence electrons. The van der Waals surface area contributed by atoms with Crippen LogP contribution in [0.15, 0.2) is 36.5 Å². The van der Waals surface area contributed by atoms with Crippen LogP contribution in [0.25, 0.3) is 5.70 Å². The van der Waals surface area contributed by atoms with Gasteiger partial charge in [-0.15, -0.1) is 0 Å². The first-order valence-corrected chi connectivity index (χ1v) is 3.64. The van der Waals surface area contributed by atoms with E-state index in [1.165, 1.54) is 0 Å². The third-order valence-electron chi connectivity index (χ3n) is 1.62. The Kier molecular flexibility index (Phi) is 1.55. The van der Waals surface area contributed by atoms with Crippen LogP contribution < -0.4 is 10.6 Å². The van der Waals surface area contributed by atoms with E-state index >= 15 is 0 Å². The summed E-state index contributed by atoms with van der Waals surface area (Å²) in [5, 5.41) is 6.27. The van der Waals surface area contributed by atoms with Gasteiger partial charge in [-0.2, -0.15) is 5.32 Å². The first-order valence-electron chi connectivity index (χ1n) is 3.64. The Morgan fingerprint density at radius 1 is 1.17 bits per heavy atom. The number of nitrogens with one attached hydrogen (secondary N) is 1. The van der Waals surface area contributed by atoms with Crippen molar-refractivity contribution in [1.82, 2.24) is 10.6 Å². The average molecular weight is 159 g/mol. The van der Waals surface area contributed by atoms with E-state index < -0.39 is 0 Å². The zero-order valence-corrected chi connectivity index (χ0v) is 6.32. The average Bonchev–Trinajstić information content (AvgIpc) is 2.54. The molecule has 1 radical (unpaired) electrons. The second kappa shape index (κ2) is 2.70. The highest BCUT2D eigenvalue weighted by Crippen LogP contribution is 2.13. The van der Waals surface area contributed by atoms with E-state index in [0.717, 1.165) is 5.56 Å². The second-order valence-electron chi connectivity index (χ2n) is 2.46. The SMILES string of the molecule is O=C1[N]C(c2ccccc2)=CN1. The van der Waals surface area contributed by atoms with Gasteiger partial charge in [-0.3, -0.25) is 0 Å². The Balaban J connectivity index is 2.28. The molecule has 1 heterocycles. The zero-order valence-electron chi connectivity index (χ0n) is 6.32. The molecule has 3 nitrogen and oxygen atoms in total. The highest BCUT2D eigenvalue weighted by atomic mass is 16.2. The third-order valence-corrected chi connectivity index (χ3v) is 1.62.